The maximum absolute atomic E-state index is 12.7. The molecule has 0 aliphatic carbocycles. The van der Waals surface area contributed by atoms with Crippen LogP contribution in [-0.2, 0) is 0 Å². The highest BCUT2D eigenvalue weighted by Crippen LogP contribution is 2.33. The van der Waals surface area contributed by atoms with Gasteiger partial charge < -0.3 is 10.1 Å². The molecule has 0 fully saturated rings. The van der Waals surface area contributed by atoms with Crippen LogP contribution in [0.15, 0.2) is 99.0 Å². The molecule has 206 valence electrons. The molecule has 4 aromatic rings. The topological polar surface area (TPSA) is 140 Å². The molecular weight excluding hydrogens is 684 g/mol. The number of carbonyl (C=O) groups is 3. The van der Waals surface area contributed by atoms with E-state index in [1.807, 2.05) is 0 Å². The van der Waals surface area contributed by atoms with E-state index in [4.69, 9.17) is 16.3 Å². The summed E-state index contributed by atoms with van der Waals surface area (Å²) >= 11 is 12.6. The van der Waals surface area contributed by atoms with Gasteiger partial charge in [-0.1, -0.05) is 33.6 Å². The number of ether oxygens (including phenoxy) is 1. The van der Waals surface area contributed by atoms with Crippen LogP contribution in [0.3, 0.4) is 0 Å². The number of nitro groups is 1. The van der Waals surface area contributed by atoms with E-state index in [-0.39, 0.29) is 22.6 Å². The van der Waals surface area contributed by atoms with Crippen LogP contribution in [0.2, 0.25) is 5.02 Å². The zero-order valence-electron chi connectivity index (χ0n) is 20.6. The van der Waals surface area contributed by atoms with Crippen LogP contribution < -0.4 is 15.5 Å². The van der Waals surface area contributed by atoms with Gasteiger partial charge in [-0.05, 0) is 82.7 Å². The number of benzene rings is 4. The summed E-state index contributed by atoms with van der Waals surface area (Å²) in [6.07, 6.45) is 1.32. The van der Waals surface area contributed by atoms with E-state index in [0.29, 0.717) is 30.8 Å². The van der Waals surface area contributed by atoms with Crippen molar-refractivity contribution < 1.29 is 24.0 Å². The number of amides is 2. The van der Waals surface area contributed by atoms with Crippen molar-refractivity contribution in [2.45, 2.75) is 0 Å². The molecule has 13 heteroatoms. The van der Waals surface area contributed by atoms with Crippen molar-refractivity contribution >= 4 is 78.8 Å². The molecule has 0 aromatic heterocycles. The van der Waals surface area contributed by atoms with Crippen LogP contribution in [0.1, 0.15) is 36.6 Å². The fraction of sp³-hybridized carbons (Fsp3) is 0. The Morgan fingerprint density at radius 1 is 0.878 bits per heavy atom. The van der Waals surface area contributed by atoms with Gasteiger partial charge in [0.1, 0.15) is 0 Å². The van der Waals surface area contributed by atoms with E-state index in [2.05, 4.69) is 47.7 Å². The van der Waals surface area contributed by atoms with Crippen LogP contribution in [0.25, 0.3) is 0 Å². The molecule has 4 aromatic carbocycles. The van der Waals surface area contributed by atoms with E-state index < -0.39 is 22.7 Å². The molecule has 0 spiro atoms. The highest BCUT2D eigenvalue weighted by molar-refractivity contribution is 9.11. The number of esters is 1. The van der Waals surface area contributed by atoms with Gasteiger partial charge in [0.2, 0.25) is 0 Å². The molecule has 0 atom stereocenters. The second-order valence-corrected chi connectivity index (χ2v) is 10.4. The van der Waals surface area contributed by atoms with Crippen molar-refractivity contribution in [2.75, 3.05) is 5.32 Å². The molecule has 0 radical (unpaired) electrons. The van der Waals surface area contributed by atoms with E-state index in [0.717, 1.165) is 0 Å². The summed E-state index contributed by atoms with van der Waals surface area (Å²) in [5.41, 5.74) is 3.69. The van der Waals surface area contributed by atoms with Crippen molar-refractivity contribution in [3.8, 4) is 5.75 Å². The molecule has 2 amide bonds. The fourth-order valence-electron chi connectivity index (χ4n) is 3.42. The lowest BCUT2D eigenvalue weighted by atomic mass is 10.1. The largest absolute Gasteiger partial charge is 0.421 e. The Hall–Kier alpha value is -4.39. The minimum Gasteiger partial charge on any atom is -0.421 e. The zero-order valence-corrected chi connectivity index (χ0v) is 24.6. The number of halogens is 3. The Bertz CT molecular complexity index is 1680. The number of non-ortho nitro benzene ring substituents is 1. The summed E-state index contributed by atoms with van der Waals surface area (Å²) in [5.74, 6) is -1.50. The van der Waals surface area contributed by atoms with Crippen molar-refractivity contribution in [1.29, 1.82) is 0 Å². The number of hydrazone groups is 1. The average Bonchev–Trinajstić information content (AvgIpc) is 2.95. The minimum absolute atomic E-state index is 0.136. The number of nitro benzene ring substituents is 1. The lowest BCUT2D eigenvalue weighted by Crippen LogP contribution is -2.18. The third-order valence-corrected chi connectivity index (χ3v) is 6.70. The number of hydrogen-bond acceptors (Lipinski definition) is 7. The monoisotopic (exact) mass is 698 g/mol. The van der Waals surface area contributed by atoms with Crippen molar-refractivity contribution in [1.82, 2.24) is 5.43 Å². The molecule has 41 heavy (non-hydrogen) atoms. The summed E-state index contributed by atoms with van der Waals surface area (Å²) in [7, 11) is 0. The molecule has 0 aliphatic rings. The van der Waals surface area contributed by atoms with E-state index >= 15 is 0 Å². The Kier molecular flexibility index (Phi) is 9.61. The second kappa shape index (κ2) is 13.3. The number of nitrogens with one attached hydrogen (secondary N) is 2. The van der Waals surface area contributed by atoms with Crippen LogP contribution in [0, 0.1) is 10.1 Å². The average molecular weight is 701 g/mol. The van der Waals surface area contributed by atoms with Gasteiger partial charge in [0.05, 0.1) is 21.2 Å². The summed E-state index contributed by atoms with van der Waals surface area (Å²) in [4.78, 5) is 48.2. The molecule has 2 N–H and O–H groups in total. The first kappa shape index (κ1) is 29.6. The fourth-order valence-corrected chi connectivity index (χ4v) is 4.89. The summed E-state index contributed by atoms with van der Waals surface area (Å²) in [5, 5.41) is 17.9. The molecule has 0 heterocycles. The molecule has 0 saturated heterocycles. The smallest absolute Gasteiger partial charge is 0.343 e. The Labute approximate surface area is 254 Å². The summed E-state index contributed by atoms with van der Waals surface area (Å²) < 4.78 is 6.72. The maximum Gasteiger partial charge on any atom is 0.343 e. The molecule has 0 aliphatic heterocycles. The van der Waals surface area contributed by atoms with Gasteiger partial charge in [-0.15, -0.1) is 0 Å². The zero-order chi connectivity index (χ0) is 29.5. The van der Waals surface area contributed by atoms with Gasteiger partial charge in [-0.3, -0.25) is 19.7 Å². The molecule has 0 saturated carbocycles. The van der Waals surface area contributed by atoms with Crippen LogP contribution in [-0.4, -0.2) is 28.9 Å². The molecule has 0 unspecified atom stereocenters. The predicted octanol–water partition coefficient (Wildman–Crippen LogP) is 7.01. The predicted molar refractivity (Wildman–Crippen MR) is 161 cm³/mol. The van der Waals surface area contributed by atoms with Gasteiger partial charge in [-0.2, -0.15) is 5.10 Å². The van der Waals surface area contributed by atoms with E-state index in [1.165, 1.54) is 54.7 Å². The first-order valence-corrected chi connectivity index (χ1v) is 13.5. The maximum atomic E-state index is 12.7. The first-order chi connectivity index (χ1) is 19.6. The van der Waals surface area contributed by atoms with Crippen LogP contribution >= 0.6 is 43.5 Å². The van der Waals surface area contributed by atoms with Crippen LogP contribution in [0.4, 0.5) is 11.4 Å². The molecular formula is C28H17Br2ClN4O6. The number of anilines is 1. The van der Waals surface area contributed by atoms with Gasteiger partial charge in [0.25, 0.3) is 17.5 Å². The highest BCUT2D eigenvalue weighted by atomic mass is 79.9. The molecule has 4 rings (SSSR count). The Balaban J connectivity index is 1.44. The summed E-state index contributed by atoms with van der Waals surface area (Å²) in [6.45, 7) is 0. The van der Waals surface area contributed by atoms with Crippen molar-refractivity contribution in [2.24, 2.45) is 5.10 Å². The first-order valence-electron chi connectivity index (χ1n) is 11.6. The highest BCUT2D eigenvalue weighted by Gasteiger charge is 2.16. The normalized spacial score (nSPS) is 10.7. The standard InChI is InChI=1S/C28H17Br2ClN4O6/c29-20-12-19(25(24(30)14-20)41-28(38)17-4-8-21(31)9-5-17)15-32-34-27(37)18-2-1-3-22(13-18)33-26(36)16-6-10-23(11-7-16)35(39)40/h1-15H,(H,33,36)(H,34,37). The number of carbonyl (C=O) groups excluding carboxylic acids is 3. The van der Waals surface area contributed by atoms with Crippen molar-refractivity contribution in [3.05, 3.63) is 131 Å². The summed E-state index contributed by atoms with van der Waals surface area (Å²) in [6, 6.07) is 20.8. The van der Waals surface area contributed by atoms with Gasteiger partial charge in [-0.25, -0.2) is 10.2 Å². The lowest BCUT2D eigenvalue weighted by molar-refractivity contribution is -0.384. The molecule has 0 bridgehead atoms. The van der Waals surface area contributed by atoms with Gasteiger partial charge in [0.15, 0.2) is 5.75 Å². The second-order valence-electron chi connectivity index (χ2n) is 8.24. The molecule has 10 nitrogen and oxygen atoms in total. The van der Waals surface area contributed by atoms with Crippen LogP contribution in [0.5, 0.6) is 5.75 Å². The third kappa shape index (κ3) is 7.84. The van der Waals surface area contributed by atoms with E-state index in [1.54, 1.807) is 36.4 Å². The van der Waals surface area contributed by atoms with Gasteiger partial charge in [0, 0.05) is 44.0 Å². The number of hydrogen-bond donors (Lipinski definition) is 2. The Morgan fingerprint density at radius 3 is 2.24 bits per heavy atom. The number of nitrogens with zero attached hydrogens (tertiary/aromatic N) is 2. The lowest BCUT2D eigenvalue weighted by Gasteiger charge is -2.11. The van der Waals surface area contributed by atoms with Crippen molar-refractivity contribution in [3.63, 3.8) is 0 Å². The van der Waals surface area contributed by atoms with E-state index in [9.17, 15) is 24.5 Å². The minimum atomic E-state index is -0.615. The Morgan fingerprint density at radius 2 is 1.56 bits per heavy atom. The van der Waals surface area contributed by atoms with Gasteiger partial charge >= 0.3 is 5.97 Å². The SMILES string of the molecule is O=C(NN=Cc1cc(Br)cc(Br)c1OC(=O)c1ccc(Cl)cc1)c1cccc(NC(=O)c2ccc([N+](=O)[O-])cc2)c1. The quantitative estimate of drug-likeness (QED) is 0.0667. The number of rotatable bonds is 8. The third-order valence-electron chi connectivity index (χ3n) is 5.40.